The van der Waals surface area contributed by atoms with Gasteiger partial charge in [-0.2, -0.15) is 0 Å². The largest absolute Gasteiger partial charge is 0.472 e. The van der Waals surface area contributed by atoms with Crippen molar-refractivity contribution >= 4 is 39.5 Å². The summed E-state index contributed by atoms with van der Waals surface area (Å²) in [5.41, 5.74) is 0. The lowest BCUT2D eigenvalue weighted by Gasteiger charge is -2.21. The van der Waals surface area contributed by atoms with Gasteiger partial charge in [-0.15, -0.1) is 0 Å². The minimum absolute atomic E-state index is 0.107. The summed E-state index contributed by atoms with van der Waals surface area (Å²) in [6, 6.07) is 0. The summed E-state index contributed by atoms with van der Waals surface area (Å²) < 4.78 is 68.3. The van der Waals surface area contributed by atoms with Crippen LogP contribution in [0.3, 0.4) is 0 Å². The maximum atomic E-state index is 13.0. The summed E-state index contributed by atoms with van der Waals surface area (Å²) in [5, 5.41) is 10.6. The molecule has 0 aliphatic heterocycles. The number of hydrogen-bond donors (Lipinski definition) is 3. The number of phosphoric acid groups is 2. The summed E-state index contributed by atoms with van der Waals surface area (Å²) in [6.07, 6.45) is 49.8. The van der Waals surface area contributed by atoms with Crippen LogP contribution >= 0.6 is 15.6 Å². The van der Waals surface area contributed by atoms with E-state index in [0.717, 1.165) is 95.8 Å². The Labute approximate surface area is 543 Å². The molecule has 3 N–H and O–H groups in total. The van der Waals surface area contributed by atoms with Crippen molar-refractivity contribution < 1.29 is 80.2 Å². The molecule has 0 saturated carbocycles. The number of aliphatic hydroxyl groups is 1. The number of hydrogen-bond acceptors (Lipinski definition) is 15. The Morgan fingerprint density at radius 3 is 0.764 bits per heavy atom. The Balaban J connectivity index is 5.23. The molecule has 0 amide bonds. The van der Waals surface area contributed by atoms with E-state index in [1.807, 2.05) is 0 Å². The third kappa shape index (κ3) is 64.6. The molecule has 0 radical (unpaired) electrons. The lowest BCUT2D eigenvalue weighted by Crippen LogP contribution is -2.30. The highest BCUT2D eigenvalue weighted by Crippen LogP contribution is 2.45. The molecule has 528 valence electrons. The second-order valence-corrected chi connectivity index (χ2v) is 28.7. The lowest BCUT2D eigenvalue weighted by atomic mass is 10.0. The number of carbonyl (C=O) groups is 4. The monoisotopic (exact) mass is 1310 g/mol. The molecule has 0 rings (SSSR count). The molecule has 0 aliphatic carbocycles. The van der Waals surface area contributed by atoms with Crippen LogP contribution in [0.5, 0.6) is 0 Å². The lowest BCUT2D eigenvalue weighted by molar-refractivity contribution is -0.161. The zero-order valence-corrected chi connectivity index (χ0v) is 59.4. The van der Waals surface area contributed by atoms with Crippen molar-refractivity contribution in [2.45, 2.75) is 380 Å². The second-order valence-electron chi connectivity index (χ2n) is 25.7. The predicted molar refractivity (Wildman–Crippen MR) is 358 cm³/mol. The Hall–Kier alpha value is -1.94. The van der Waals surface area contributed by atoms with Crippen molar-refractivity contribution in [3.05, 3.63) is 0 Å². The number of unbranched alkanes of at least 4 members (excludes halogenated alkanes) is 42. The van der Waals surface area contributed by atoms with Crippen molar-refractivity contribution in [3.63, 3.8) is 0 Å². The number of aliphatic hydroxyl groups excluding tert-OH is 1. The van der Waals surface area contributed by atoms with E-state index >= 15 is 0 Å². The number of esters is 4. The molecule has 19 heteroatoms. The zero-order valence-electron chi connectivity index (χ0n) is 57.6. The molecule has 0 spiro atoms. The minimum atomic E-state index is -4.95. The Bertz CT molecular complexity index is 1720. The average molecular weight is 1310 g/mol. The van der Waals surface area contributed by atoms with E-state index in [9.17, 15) is 43.2 Å². The van der Waals surface area contributed by atoms with Gasteiger partial charge in [-0.3, -0.25) is 37.3 Å². The highest BCUT2D eigenvalue weighted by atomic mass is 31.2. The Morgan fingerprint density at radius 2 is 0.517 bits per heavy atom. The average Bonchev–Trinajstić information content (AvgIpc) is 3.72. The molecule has 0 aliphatic rings. The van der Waals surface area contributed by atoms with Crippen LogP contribution in [0.4, 0.5) is 0 Å². The van der Waals surface area contributed by atoms with Crippen LogP contribution in [0.25, 0.3) is 0 Å². The van der Waals surface area contributed by atoms with E-state index in [0.29, 0.717) is 25.7 Å². The van der Waals surface area contributed by atoms with Crippen LogP contribution in [-0.4, -0.2) is 96.7 Å². The third-order valence-electron chi connectivity index (χ3n) is 16.3. The summed E-state index contributed by atoms with van der Waals surface area (Å²) in [6.45, 7) is 7.25. The number of ether oxygens (including phenoxy) is 4. The molecule has 0 aromatic carbocycles. The first-order chi connectivity index (χ1) is 43.0. The zero-order chi connectivity index (χ0) is 65.6. The van der Waals surface area contributed by atoms with Crippen LogP contribution in [-0.2, 0) is 65.4 Å². The first kappa shape index (κ1) is 87.1. The van der Waals surface area contributed by atoms with Gasteiger partial charge in [-0.25, -0.2) is 9.13 Å². The molecular formula is C70H136O17P2. The van der Waals surface area contributed by atoms with Crippen LogP contribution < -0.4 is 0 Å². The molecule has 5 atom stereocenters. The van der Waals surface area contributed by atoms with E-state index in [2.05, 4.69) is 34.6 Å². The summed E-state index contributed by atoms with van der Waals surface area (Å²) in [7, 11) is -9.90. The van der Waals surface area contributed by atoms with E-state index in [4.69, 9.17) is 37.0 Å². The minimum Gasteiger partial charge on any atom is -0.462 e. The standard InChI is InChI=1S/C70H136O17P2/c1-6-9-12-15-18-21-24-26-30-35-39-44-49-54-68(73)81-60-66(87-70(75)56-51-46-41-36-31-28-25-27-29-32-37-42-47-52-63(4)5)62-85-89(78,79)83-58-64(71)57-82-88(76,77)84-61-65(86-69(74)55-50-45-40-34-23-20-17-14-11-8-3)59-80-67(72)53-48-43-38-33-22-19-16-13-10-7-2/h63-66,71H,6-62H2,1-5H3,(H,76,77)(H,78,79)/t64-,65+,66+/m0/s1. The van der Waals surface area contributed by atoms with Crippen LogP contribution in [0.1, 0.15) is 362 Å². The maximum Gasteiger partial charge on any atom is 0.472 e. The predicted octanol–water partition coefficient (Wildman–Crippen LogP) is 20.1. The number of phosphoric ester groups is 2. The van der Waals surface area contributed by atoms with Gasteiger partial charge < -0.3 is 33.8 Å². The van der Waals surface area contributed by atoms with Crippen molar-refractivity contribution in [3.8, 4) is 0 Å². The van der Waals surface area contributed by atoms with Crippen molar-refractivity contribution in [1.82, 2.24) is 0 Å². The van der Waals surface area contributed by atoms with E-state index < -0.39 is 97.5 Å². The van der Waals surface area contributed by atoms with E-state index in [1.165, 1.54) is 186 Å². The third-order valence-corrected chi connectivity index (χ3v) is 18.2. The molecule has 0 saturated heterocycles. The Kier molecular flexibility index (Phi) is 62.1. The molecule has 17 nitrogen and oxygen atoms in total. The van der Waals surface area contributed by atoms with Gasteiger partial charge in [0.1, 0.15) is 19.3 Å². The van der Waals surface area contributed by atoms with E-state index in [1.54, 1.807) is 0 Å². The first-order valence-corrected chi connectivity index (χ1v) is 39.6. The smallest absolute Gasteiger partial charge is 0.462 e. The summed E-state index contributed by atoms with van der Waals surface area (Å²) >= 11 is 0. The molecule has 0 heterocycles. The SMILES string of the molecule is CCCCCCCCCCCCCCCC(=O)OC[C@H](COP(=O)(O)OC[C@@H](O)COP(=O)(O)OC[C@@H](COC(=O)CCCCCCCCCCCC)OC(=O)CCCCCCCCCCCC)OC(=O)CCCCCCCCCCCCCCCC(C)C. The Morgan fingerprint density at radius 1 is 0.303 bits per heavy atom. The summed E-state index contributed by atoms with van der Waals surface area (Å²) in [5.74, 6) is -1.33. The fourth-order valence-corrected chi connectivity index (χ4v) is 12.2. The molecule has 0 aromatic rings. The van der Waals surface area contributed by atoms with Crippen LogP contribution in [0, 0.1) is 5.92 Å². The van der Waals surface area contributed by atoms with Gasteiger partial charge in [0.15, 0.2) is 12.2 Å². The normalized spacial score (nSPS) is 14.1. The fraction of sp³-hybridized carbons (Fsp3) is 0.943. The highest BCUT2D eigenvalue weighted by molar-refractivity contribution is 7.47. The maximum absolute atomic E-state index is 13.0. The highest BCUT2D eigenvalue weighted by Gasteiger charge is 2.30. The van der Waals surface area contributed by atoms with Gasteiger partial charge in [-0.1, -0.05) is 311 Å². The molecule has 0 aromatic heterocycles. The van der Waals surface area contributed by atoms with Gasteiger partial charge >= 0.3 is 39.5 Å². The number of carbonyl (C=O) groups excluding carboxylic acids is 4. The van der Waals surface area contributed by atoms with Gasteiger partial charge in [0.05, 0.1) is 26.4 Å². The van der Waals surface area contributed by atoms with Crippen LogP contribution in [0.15, 0.2) is 0 Å². The van der Waals surface area contributed by atoms with Crippen molar-refractivity contribution in [1.29, 1.82) is 0 Å². The topological polar surface area (TPSA) is 237 Å². The molecule has 0 bridgehead atoms. The van der Waals surface area contributed by atoms with Gasteiger partial charge in [0.25, 0.3) is 0 Å². The van der Waals surface area contributed by atoms with E-state index in [-0.39, 0.29) is 25.7 Å². The quantitative estimate of drug-likeness (QED) is 0.0222. The van der Waals surface area contributed by atoms with Crippen molar-refractivity contribution in [2.75, 3.05) is 39.6 Å². The van der Waals surface area contributed by atoms with Gasteiger partial charge in [0.2, 0.25) is 0 Å². The second kappa shape index (κ2) is 63.5. The first-order valence-electron chi connectivity index (χ1n) is 36.6. The number of rotatable bonds is 70. The molecule has 0 fully saturated rings. The summed E-state index contributed by atoms with van der Waals surface area (Å²) in [4.78, 5) is 72.5. The fourth-order valence-electron chi connectivity index (χ4n) is 10.6. The van der Waals surface area contributed by atoms with Gasteiger partial charge in [0, 0.05) is 25.7 Å². The van der Waals surface area contributed by atoms with Gasteiger partial charge in [-0.05, 0) is 31.6 Å². The molecule has 89 heavy (non-hydrogen) atoms. The molecular weight excluding hydrogens is 1170 g/mol. The molecule has 2 unspecified atom stereocenters. The van der Waals surface area contributed by atoms with Crippen LogP contribution in [0.2, 0.25) is 0 Å². The van der Waals surface area contributed by atoms with Crippen molar-refractivity contribution in [2.24, 2.45) is 5.92 Å².